The summed E-state index contributed by atoms with van der Waals surface area (Å²) in [5.41, 5.74) is -0.181. The van der Waals surface area contributed by atoms with E-state index in [0.29, 0.717) is 12.5 Å². The second kappa shape index (κ2) is 6.98. The molecule has 2 atom stereocenters. The van der Waals surface area contributed by atoms with Crippen LogP contribution in [0.3, 0.4) is 0 Å². The van der Waals surface area contributed by atoms with E-state index in [2.05, 4.69) is 10.1 Å². The number of benzene rings is 1. The molecule has 4 nitrogen and oxygen atoms in total. The van der Waals surface area contributed by atoms with Gasteiger partial charge in [0, 0.05) is 11.6 Å². The molecule has 1 rings (SSSR count). The van der Waals surface area contributed by atoms with Crippen LogP contribution in [0.5, 0.6) is 0 Å². The summed E-state index contributed by atoms with van der Waals surface area (Å²) in [6.07, 6.45) is 0.636. The van der Waals surface area contributed by atoms with Gasteiger partial charge in [-0.05, 0) is 18.1 Å². The summed E-state index contributed by atoms with van der Waals surface area (Å²) in [4.78, 5) is 23.6. The number of amides is 1. The van der Waals surface area contributed by atoms with Crippen molar-refractivity contribution in [2.24, 2.45) is 5.92 Å². The van der Waals surface area contributed by atoms with Gasteiger partial charge in [-0.15, -0.1) is 0 Å². The molecule has 0 saturated heterocycles. The number of rotatable bonds is 5. The summed E-state index contributed by atoms with van der Waals surface area (Å²) in [5, 5.41) is 2.44. The van der Waals surface area contributed by atoms with Gasteiger partial charge in [0.2, 0.25) is 0 Å². The summed E-state index contributed by atoms with van der Waals surface area (Å²) < 4.78 is 30.7. The van der Waals surface area contributed by atoms with Crippen molar-refractivity contribution in [3.05, 3.63) is 35.4 Å². The first-order chi connectivity index (χ1) is 9.38. The highest BCUT2D eigenvalue weighted by atomic mass is 19.1. The van der Waals surface area contributed by atoms with E-state index in [1.54, 1.807) is 6.92 Å². The normalized spacial score (nSPS) is 13.4. The van der Waals surface area contributed by atoms with Gasteiger partial charge in [-0.1, -0.05) is 20.3 Å². The molecule has 1 aromatic rings. The Hall–Kier alpha value is -1.98. The molecule has 0 heterocycles. The van der Waals surface area contributed by atoms with Crippen LogP contribution in [-0.4, -0.2) is 25.0 Å². The average Bonchev–Trinajstić information content (AvgIpc) is 2.41. The van der Waals surface area contributed by atoms with E-state index in [4.69, 9.17) is 0 Å². The predicted molar refractivity (Wildman–Crippen MR) is 69.1 cm³/mol. The minimum absolute atomic E-state index is 0.162. The van der Waals surface area contributed by atoms with Crippen molar-refractivity contribution in [2.45, 2.75) is 26.3 Å². The zero-order valence-electron chi connectivity index (χ0n) is 11.6. The fourth-order valence-electron chi connectivity index (χ4n) is 1.71. The number of nitrogens with one attached hydrogen (secondary N) is 1. The van der Waals surface area contributed by atoms with Gasteiger partial charge in [-0.25, -0.2) is 13.6 Å². The van der Waals surface area contributed by atoms with E-state index in [1.807, 2.05) is 6.92 Å². The van der Waals surface area contributed by atoms with Crippen LogP contribution in [0.1, 0.15) is 30.6 Å². The van der Waals surface area contributed by atoms with Crippen molar-refractivity contribution < 1.29 is 23.1 Å². The number of hydrogen-bond donors (Lipinski definition) is 1. The van der Waals surface area contributed by atoms with E-state index < -0.39 is 29.6 Å². The van der Waals surface area contributed by atoms with Crippen LogP contribution in [-0.2, 0) is 9.53 Å². The molecule has 0 bridgehead atoms. The molecule has 0 aliphatic carbocycles. The van der Waals surface area contributed by atoms with Gasteiger partial charge in [-0.2, -0.15) is 0 Å². The number of carbonyl (C=O) groups is 2. The Morgan fingerprint density at radius 1 is 1.25 bits per heavy atom. The molecule has 20 heavy (non-hydrogen) atoms. The molecule has 0 aliphatic heterocycles. The Kier molecular flexibility index (Phi) is 5.61. The van der Waals surface area contributed by atoms with Gasteiger partial charge in [-0.3, -0.25) is 4.79 Å². The van der Waals surface area contributed by atoms with E-state index in [0.717, 1.165) is 12.1 Å². The Balaban J connectivity index is 2.93. The van der Waals surface area contributed by atoms with E-state index >= 15 is 0 Å². The number of halogens is 2. The van der Waals surface area contributed by atoms with Crippen molar-refractivity contribution in [2.75, 3.05) is 7.11 Å². The van der Waals surface area contributed by atoms with Gasteiger partial charge in [0.15, 0.2) is 0 Å². The third-order valence-electron chi connectivity index (χ3n) is 3.08. The number of methoxy groups -OCH3 is 1. The summed E-state index contributed by atoms with van der Waals surface area (Å²) >= 11 is 0. The second-order valence-corrected chi connectivity index (χ2v) is 4.52. The maximum Gasteiger partial charge on any atom is 0.328 e. The lowest BCUT2D eigenvalue weighted by Crippen LogP contribution is -2.45. The van der Waals surface area contributed by atoms with Crippen molar-refractivity contribution >= 4 is 11.9 Å². The third-order valence-corrected chi connectivity index (χ3v) is 3.08. The maximum atomic E-state index is 13.1. The Labute approximate surface area is 116 Å². The molecule has 0 radical (unpaired) electrons. The largest absolute Gasteiger partial charge is 0.467 e. The van der Waals surface area contributed by atoms with Crippen molar-refractivity contribution in [3.8, 4) is 0 Å². The van der Waals surface area contributed by atoms with Gasteiger partial charge in [0.1, 0.15) is 17.7 Å². The fraction of sp³-hybridized carbons (Fsp3) is 0.429. The minimum atomic E-state index is -0.858. The molecule has 0 fully saturated rings. The molecule has 110 valence electrons. The third kappa shape index (κ3) is 4.01. The van der Waals surface area contributed by atoms with Crippen molar-refractivity contribution in [1.29, 1.82) is 0 Å². The van der Waals surface area contributed by atoms with Crippen LogP contribution in [0, 0.1) is 17.6 Å². The topological polar surface area (TPSA) is 55.4 Å². The van der Waals surface area contributed by atoms with E-state index in [-0.39, 0.29) is 11.5 Å². The highest BCUT2D eigenvalue weighted by Crippen LogP contribution is 2.12. The maximum absolute atomic E-state index is 13.1. The lowest BCUT2D eigenvalue weighted by atomic mass is 9.99. The molecule has 0 aliphatic rings. The summed E-state index contributed by atoms with van der Waals surface area (Å²) in [6, 6.07) is 1.62. The Morgan fingerprint density at radius 2 is 1.80 bits per heavy atom. The molecule has 0 spiro atoms. The van der Waals surface area contributed by atoms with Crippen LogP contribution in [0.2, 0.25) is 0 Å². The zero-order valence-corrected chi connectivity index (χ0v) is 11.6. The first-order valence-corrected chi connectivity index (χ1v) is 6.23. The SMILES string of the molecule is CC[C@H](C)[C@H](NC(=O)c1cc(F)cc(F)c1)C(=O)OC. The summed E-state index contributed by atoms with van der Waals surface area (Å²) in [7, 11) is 1.21. The molecule has 0 unspecified atom stereocenters. The summed E-state index contributed by atoms with van der Waals surface area (Å²) in [6.45, 7) is 3.63. The first kappa shape index (κ1) is 16.1. The standard InChI is InChI=1S/C14H17F2NO3/c1-4-8(2)12(14(19)20-3)17-13(18)9-5-10(15)7-11(16)6-9/h5-8,12H,4H2,1-3H3,(H,17,18)/t8-,12-/m0/s1. The lowest BCUT2D eigenvalue weighted by Gasteiger charge is -2.21. The number of esters is 1. The number of ether oxygens (including phenoxy) is 1. The fourth-order valence-corrected chi connectivity index (χ4v) is 1.71. The van der Waals surface area contributed by atoms with Gasteiger partial charge in [0.25, 0.3) is 5.91 Å². The molecular formula is C14H17F2NO3. The van der Waals surface area contributed by atoms with Gasteiger partial charge in [0.05, 0.1) is 7.11 Å². The monoisotopic (exact) mass is 285 g/mol. The Morgan fingerprint density at radius 3 is 2.25 bits per heavy atom. The molecule has 1 amide bonds. The van der Waals surface area contributed by atoms with Crippen LogP contribution in [0.4, 0.5) is 8.78 Å². The minimum Gasteiger partial charge on any atom is -0.467 e. The molecule has 1 aromatic carbocycles. The Bertz CT molecular complexity index is 485. The highest BCUT2D eigenvalue weighted by molar-refractivity contribution is 5.96. The smallest absolute Gasteiger partial charge is 0.328 e. The second-order valence-electron chi connectivity index (χ2n) is 4.52. The zero-order chi connectivity index (χ0) is 15.3. The number of hydrogen-bond acceptors (Lipinski definition) is 3. The van der Waals surface area contributed by atoms with Crippen LogP contribution in [0.15, 0.2) is 18.2 Å². The lowest BCUT2D eigenvalue weighted by molar-refractivity contribution is -0.144. The van der Waals surface area contributed by atoms with Crippen molar-refractivity contribution in [1.82, 2.24) is 5.32 Å². The highest BCUT2D eigenvalue weighted by Gasteiger charge is 2.27. The molecule has 0 saturated carbocycles. The molecular weight excluding hydrogens is 268 g/mol. The quantitative estimate of drug-likeness (QED) is 0.844. The molecule has 1 N–H and O–H groups in total. The molecule has 6 heteroatoms. The summed E-state index contributed by atoms with van der Waals surface area (Å²) in [5.74, 6) is -3.19. The predicted octanol–water partition coefficient (Wildman–Crippen LogP) is 2.28. The molecule has 0 aromatic heterocycles. The van der Waals surface area contributed by atoms with Gasteiger partial charge >= 0.3 is 5.97 Å². The van der Waals surface area contributed by atoms with Gasteiger partial charge < -0.3 is 10.1 Å². The van der Waals surface area contributed by atoms with Crippen molar-refractivity contribution in [3.63, 3.8) is 0 Å². The van der Waals surface area contributed by atoms with E-state index in [1.165, 1.54) is 7.11 Å². The number of carbonyl (C=O) groups excluding carboxylic acids is 2. The average molecular weight is 285 g/mol. The van der Waals surface area contributed by atoms with E-state index in [9.17, 15) is 18.4 Å². The van der Waals surface area contributed by atoms with Crippen LogP contribution < -0.4 is 5.32 Å². The van der Waals surface area contributed by atoms with Crippen LogP contribution >= 0.6 is 0 Å². The first-order valence-electron chi connectivity index (χ1n) is 6.23. The van der Waals surface area contributed by atoms with Crippen LogP contribution in [0.25, 0.3) is 0 Å².